The molecule has 24 heavy (non-hydrogen) atoms. The average molecular weight is 332 g/mol. The van der Waals surface area contributed by atoms with Gasteiger partial charge in [-0.05, 0) is 12.0 Å². The Kier molecular flexibility index (Phi) is 5.16. The molecule has 2 N–H and O–H groups in total. The van der Waals surface area contributed by atoms with Gasteiger partial charge in [0.25, 0.3) is 0 Å². The van der Waals surface area contributed by atoms with Crippen LogP contribution in [-0.4, -0.2) is 59.8 Å². The maximum absolute atomic E-state index is 12.3. The number of likely N-dealkylation sites (tertiary alicyclic amines) is 1. The van der Waals surface area contributed by atoms with E-state index in [2.05, 4.69) is 17.4 Å². The van der Waals surface area contributed by atoms with Crippen LogP contribution in [0.25, 0.3) is 0 Å². The SMILES string of the molecule is CC(=O)N1C[C@H](O)C[C@@H]1C(=O)NC[C@@H]1C[C@H](c2ccccc2)CO1. The molecule has 0 aromatic heterocycles. The van der Waals surface area contributed by atoms with Crippen molar-refractivity contribution >= 4 is 11.8 Å². The minimum atomic E-state index is -0.630. The number of hydrogen-bond acceptors (Lipinski definition) is 4. The van der Waals surface area contributed by atoms with Gasteiger partial charge >= 0.3 is 0 Å². The Morgan fingerprint density at radius 2 is 2.04 bits per heavy atom. The number of rotatable bonds is 4. The van der Waals surface area contributed by atoms with E-state index in [-0.39, 0.29) is 24.5 Å². The number of carbonyl (C=O) groups excluding carboxylic acids is 2. The minimum Gasteiger partial charge on any atom is -0.391 e. The first-order chi connectivity index (χ1) is 11.5. The van der Waals surface area contributed by atoms with E-state index in [0.717, 1.165) is 6.42 Å². The second kappa shape index (κ2) is 7.32. The van der Waals surface area contributed by atoms with Crippen LogP contribution in [0.15, 0.2) is 30.3 Å². The first-order valence-electron chi connectivity index (χ1n) is 8.44. The number of aliphatic hydroxyl groups is 1. The lowest BCUT2D eigenvalue weighted by Crippen LogP contribution is -2.46. The Labute approximate surface area is 141 Å². The molecule has 1 aromatic rings. The van der Waals surface area contributed by atoms with Crippen molar-refractivity contribution in [1.82, 2.24) is 10.2 Å². The van der Waals surface area contributed by atoms with Crippen LogP contribution in [0.2, 0.25) is 0 Å². The zero-order chi connectivity index (χ0) is 17.1. The van der Waals surface area contributed by atoms with Crippen LogP contribution in [0, 0.1) is 0 Å². The van der Waals surface area contributed by atoms with E-state index >= 15 is 0 Å². The number of benzene rings is 1. The van der Waals surface area contributed by atoms with Crippen molar-refractivity contribution in [3.63, 3.8) is 0 Å². The number of aliphatic hydroxyl groups excluding tert-OH is 1. The highest BCUT2D eigenvalue weighted by Gasteiger charge is 2.37. The van der Waals surface area contributed by atoms with E-state index in [1.165, 1.54) is 17.4 Å². The molecule has 2 aliphatic heterocycles. The highest BCUT2D eigenvalue weighted by atomic mass is 16.5. The van der Waals surface area contributed by atoms with Gasteiger partial charge in [-0.2, -0.15) is 0 Å². The van der Waals surface area contributed by atoms with Crippen molar-refractivity contribution < 1.29 is 19.4 Å². The van der Waals surface area contributed by atoms with E-state index in [1.807, 2.05) is 18.2 Å². The molecule has 1 aromatic carbocycles. The zero-order valence-corrected chi connectivity index (χ0v) is 13.9. The maximum Gasteiger partial charge on any atom is 0.243 e. The van der Waals surface area contributed by atoms with Crippen LogP contribution >= 0.6 is 0 Å². The topological polar surface area (TPSA) is 78.9 Å². The molecule has 0 unspecified atom stereocenters. The first kappa shape index (κ1) is 16.9. The summed E-state index contributed by atoms with van der Waals surface area (Å²) in [5.74, 6) is -0.0448. The summed E-state index contributed by atoms with van der Waals surface area (Å²) in [6.07, 6.45) is 0.517. The Hall–Kier alpha value is -1.92. The van der Waals surface area contributed by atoms with Gasteiger partial charge in [0.05, 0.1) is 18.8 Å². The number of β-amino-alcohol motifs (C(OH)–C–C–N with tert-alkyl or cyclic N) is 1. The summed E-state index contributed by atoms with van der Waals surface area (Å²) in [4.78, 5) is 25.4. The van der Waals surface area contributed by atoms with Gasteiger partial charge in [-0.25, -0.2) is 0 Å². The molecular formula is C18H24N2O4. The standard InChI is InChI=1S/C18H24N2O4/c1-12(21)20-10-15(22)8-17(20)18(23)19-9-16-7-14(11-24-16)13-5-3-2-4-6-13/h2-6,14-17,22H,7-11H2,1H3,(H,19,23)/t14-,15+,16-,17+/m0/s1. The van der Waals surface area contributed by atoms with Gasteiger partial charge in [-0.15, -0.1) is 0 Å². The van der Waals surface area contributed by atoms with E-state index < -0.39 is 12.1 Å². The molecule has 0 aliphatic carbocycles. The smallest absolute Gasteiger partial charge is 0.243 e. The summed E-state index contributed by atoms with van der Waals surface area (Å²) >= 11 is 0. The lowest BCUT2D eigenvalue weighted by molar-refractivity contribution is -0.137. The Morgan fingerprint density at radius 3 is 2.75 bits per heavy atom. The van der Waals surface area contributed by atoms with Crippen molar-refractivity contribution in [3.8, 4) is 0 Å². The van der Waals surface area contributed by atoms with Gasteiger partial charge in [-0.1, -0.05) is 30.3 Å². The highest BCUT2D eigenvalue weighted by molar-refractivity contribution is 5.87. The van der Waals surface area contributed by atoms with Gasteiger partial charge < -0.3 is 20.1 Å². The predicted molar refractivity (Wildman–Crippen MR) is 88.3 cm³/mol. The van der Waals surface area contributed by atoms with Crippen LogP contribution in [0.1, 0.15) is 31.2 Å². The van der Waals surface area contributed by atoms with Crippen LogP contribution in [-0.2, 0) is 14.3 Å². The molecule has 2 aliphatic rings. The van der Waals surface area contributed by atoms with Gasteiger partial charge in [-0.3, -0.25) is 9.59 Å². The summed E-state index contributed by atoms with van der Waals surface area (Å²) in [6, 6.07) is 9.65. The van der Waals surface area contributed by atoms with Crippen LogP contribution < -0.4 is 5.32 Å². The fraction of sp³-hybridized carbons (Fsp3) is 0.556. The summed E-state index contributed by atoms with van der Waals surface area (Å²) < 4.78 is 5.78. The van der Waals surface area contributed by atoms with E-state index in [9.17, 15) is 14.7 Å². The molecule has 0 bridgehead atoms. The molecule has 0 radical (unpaired) electrons. The molecular weight excluding hydrogens is 308 g/mol. The average Bonchev–Trinajstić information content (AvgIpc) is 3.20. The molecule has 2 heterocycles. The Balaban J connectivity index is 1.49. The predicted octanol–water partition coefficient (Wildman–Crippen LogP) is 0.657. The normalized spacial score (nSPS) is 29.7. The summed E-state index contributed by atoms with van der Waals surface area (Å²) in [7, 11) is 0. The fourth-order valence-electron chi connectivity index (χ4n) is 3.55. The number of ether oxygens (including phenoxy) is 1. The van der Waals surface area contributed by atoms with E-state index in [0.29, 0.717) is 25.5 Å². The molecule has 3 rings (SSSR count). The first-order valence-corrected chi connectivity index (χ1v) is 8.44. The number of hydrogen-bond donors (Lipinski definition) is 2. The number of nitrogens with one attached hydrogen (secondary N) is 1. The second-order valence-electron chi connectivity index (χ2n) is 6.62. The third kappa shape index (κ3) is 3.76. The van der Waals surface area contributed by atoms with Crippen LogP contribution in [0.4, 0.5) is 0 Å². The third-order valence-electron chi connectivity index (χ3n) is 4.84. The van der Waals surface area contributed by atoms with Gasteiger partial charge in [0, 0.05) is 32.4 Å². The molecule has 6 heteroatoms. The van der Waals surface area contributed by atoms with Crippen LogP contribution in [0.3, 0.4) is 0 Å². The number of nitrogens with zero attached hydrogens (tertiary/aromatic N) is 1. The molecule has 0 spiro atoms. The molecule has 2 saturated heterocycles. The lowest BCUT2D eigenvalue weighted by Gasteiger charge is -2.22. The largest absolute Gasteiger partial charge is 0.391 e. The maximum atomic E-state index is 12.3. The number of carbonyl (C=O) groups is 2. The lowest BCUT2D eigenvalue weighted by atomic mass is 9.96. The number of amides is 2. The van der Waals surface area contributed by atoms with Gasteiger partial charge in [0.2, 0.25) is 11.8 Å². The van der Waals surface area contributed by atoms with Crippen molar-refractivity contribution in [2.24, 2.45) is 0 Å². The van der Waals surface area contributed by atoms with Gasteiger partial charge in [0.1, 0.15) is 6.04 Å². The van der Waals surface area contributed by atoms with Crippen molar-refractivity contribution in [1.29, 1.82) is 0 Å². The Morgan fingerprint density at radius 1 is 1.29 bits per heavy atom. The second-order valence-corrected chi connectivity index (χ2v) is 6.62. The zero-order valence-electron chi connectivity index (χ0n) is 13.9. The highest BCUT2D eigenvalue weighted by Crippen LogP contribution is 2.29. The van der Waals surface area contributed by atoms with Gasteiger partial charge in [0.15, 0.2) is 0 Å². The van der Waals surface area contributed by atoms with E-state index in [1.54, 1.807) is 0 Å². The molecule has 0 saturated carbocycles. The van der Waals surface area contributed by atoms with Crippen molar-refractivity contribution in [2.75, 3.05) is 19.7 Å². The van der Waals surface area contributed by atoms with Crippen LogP contribution in [0.5, 0.6) is 0 Å². The minimum absolute atomic E-state index is 0.0174. The monoisotopic (exact) mass is 332 g/mol. The Bertz CT molecular complexity index is 592. The fourth-order valence-corrected chi connectivity index (χ4v) is 3.55. The molecule has 2 amide bonds. The summed E-state index contributed by atoms with van der Waals surface area (Å²) in [6.45, 7) is 2.74. The molecule has 6 nitrogen and oxygen atoms in total. The third-order valence-corrected chi connectivity index (χ3v) is 4.84. The van der Waals surface area contributed by atoms with E-state index in [4.69, 9.17) is 4.74 Å². The summed E-state index contributed by atoms with van der Waals surface area (Å²) in [5.41, 5.74) is 1.26. The molecule has 4 atom stereocenters. The van der Waals surface area contributed by atoms with Crippen molar-refractivity contribution in [2.45, 2.75) is 43.9 Å². The molecule has 130 valence electrons. The van der Waals surface area contributed by atoms with Crippen molar-refractivity contribution in [3.05, 3.63) is 35.9 Å². The molecule has 2 fully saturated rings. The quantitative estimate of drug-likeness (QED) is 0.849. The summed E-state index contributed by atoms with van der Waals surface area (Å²) in [5, 5.41) is 12.6.